The first kappa shape index (κ1) is 22.8. The molecule has 172 valence electrons. The van der Waals surface area contributed by atoms with Crippen LogP contribution in [-0.2, 0) is 16.6 Å². The number of carbonyl (C=O) groups excluding carboxylic acids is 1. The maximum absolute atomic E-state index is 11.9. The van der Waals surface area contributed by atoms with E-state index in [-0.39, 0.29) is 5.56 Å². The fraction of sp³-hybridized carbons (Fsp3) is 0.280. The number of rotatable bonds is 9. The van der Waals surface area contributed by atoms with E-state index in [1.807, 2.05) is 42.1 Å². The monoisotopic (exact) mass is 466 g/mol. The van der Waals surface area contributed by atoms with Crippen LogP contribution in [0.1, 0.15) is 34.3 Å². The van der Waals surface area contributed by atoms with Gasteiger partial charge in [-0.2, -0.15) is 0 Å². The van der Waals surface area contributed by atoms with Crippen molar-refractivity contribution in [2.45, 2.75) is 26.4 Å². The van der Waals surface area contributed by atoms with Gasteiger partial charge >= 0.3 is 0 Å². The van der Waals surface area contributed by atoms with Crippen LogP contribution in [0, 0.1) is 12.8 Å². The number of hydrogen-bond donors (Lipinski definition) is 1. The van der Waals surface area contributed by atoms with Gasteiger partial charge in [-0.05, 0) is 67.1 Å². The Morgan fingerprint density at radius 2 is 1.82 bits per heavy atom. The van der Waals surface area contributed by atoms with Crippen LogP contribution >= 0.6 is 0 Å². The Kier molecular flexibility index (Phi) is 6.65. The average Bonchev–Trinajstić information content (AvgIpc) is 3.61. The molecule has 0 spiro atoms. The second-order valence-corrected chi connectivity index (χ2v) is 10.1. The molecule has 1 amide bonds. The molecule has 0 unspecified atom stereocenters. The molecule has 1 aliphatic carbocycles. The summed E-state index contributed by atoms with van der Waals surface area (Å²) in [4.78, 5) is 16.4. The third-order valence-electron chi connectivity index (χ3n) is 5.25. The first-order valence-electron chi connectivity index (χ1n) is 10.7. The first-order chi connectivity index (χ1) is 15.8. The van der Waals surface area contributed by atoms with Gasteiger partial charge in [-0.15, -0.1) is 0 Å². The van der Waals surface area contributed by atoms with Crippen LogP contribution in [0.3, 0.4) is 0 Å². The molecule has 0 saturated heterocycles. The fourth-order valence-corrected chi connectivity index (χ4v) is 3.72. The van der Waals surface area contributed by atoms with Crippen LogP contribution in [0.15, 0.2) is 60.8 Å². The molecule has 0 radical (unpaired) electrons. The van der Waals surface area contributed by atoms with Crippen molar-refractivity contribution < 1.29 is 22.7 Å². The number of ether oxygens (including phenoxy) is 2. The molecule has 33 heavy (non-hydrogen) atoms. The maximum atomic E-state index is 11.9. The number of amides is 1. The average molecular weight is 467 g/mol. The lowest BCUT2D eigenvalue weighted by atomic mass is 10.1. The SMILES string of the molecule is Cc1cc(-c2cccc(OCc3ccc(C(=O)NS(C)(=O)=O)cc3)c2)cnc1OCC1CC1. The molecular weight excluding hydrogens is 440 g/mol. The molecule has 1 fully saturated rings. The summed E-state index contributed by atoms with van der Waals surface area (Å²) in [6, 6.07) is 16.4. The van der Waals surface area contributed by atoms with Crippen molar-refractivity contribution in [3.63, 3.8) is 0 Å². The van der Waals surface area contributed by atoms with E-state index >= 15 is 0 Å². The van der Waals surface area contributed by atoms with Crippen molar-refractivity contribution in [3.05, 3.63) is 77.5 Å². The molecule has 2 aromatic carbocycles. The van der Waals surface area contributed by atoms with E-state index in [9.17, 15) is 13.2 Å². The summed E-state index contributed by atoms with van der Waals surface area (Å²) in [6.45, 7) is 3.04. The Balaban J connectivity index is 1.38. The molecule has 0 aliphatic heterocycles. The number of carbonyl (C=O) groups is 1. The second kappa shape index (κ2) is 9.62. The minimum atomic E-state index is -3.60. The van der Waals surface area contributed by atoms with Gasteiger partial charge in [0, 0.05) is 22.9 Å². The molecule has 8 heteroatoms. The number of pyridine rings is 1. The van der Waals surface area contributed by atoms with Gasteiger partial charge in [0.25, 0.3) is 5.91 Å². The lowest BCUT2D eigenvalue weighted by Crippen LogP contribution is -2.29. The fourth-order valence-electron chi connectivity index (χ4n) is 3.26. The Morgan fingerprint density at radius 1 is 1.06 bits per heavy atom. The lowest BCUT2D eigenvalue weighted by molar-refractivity contribution is 0.0981. The molecule has 3 aromatic rings. The Bertz CT molecular complexity index is 1250. The normalized spacial score (nSPS) is 13.4. The van der Waals surface area contributed by atoms with Crippen molar-refractivity contribution >= 4 is 15.9 Å². The molecule has 4 rings (SSSR count). The maximum Gasteiger partial charge on any atom is 0.264 e. The van der Waals surface area contributed by atoms with Crippen LogP contribution < -0.4 is 14.2 Å². The summed E-state index contributed by atoms with van der Waals surface area (Å²) >= 11 is 0. The van der Waals surface area contributed by atoms with E-state index in [0.717, 1.165) is 35.1 Å². The topological polar surface area (TPSA) is 94.6 Å². The van der Waals surface area contributed by atoms with Crippen molar-refractivity contribution in [1.82, 2.24) is 9.71 Å². The summed E-state index contributed by atoms with van der Waals surface area (Å²) in [5.74, 6) is 1.41. The molecule has 1 aliphatic rings. The van der Waals surface area contributed by atoms with Gasteiger partial charge in [-0.3, -0.25) is 4.79 Å². The predicted molar refractivity (Wildman–Crippen MR) is 126 cm³/mol. The molecule has 1 saturated carbocycles. The van der Waals surface area contributed by atoms with Crippen molar-refractivity contribution in [1.29, 1.82) is 0 Å². The Morgan fingerprint density at radius 3 is 2.48 bits per heavy atom. The summed E-state index contributed by atoms with van der Waals surface area (Å²) in [7, 11) is -3.60. The van der Waals surface area contributed by atoms with Crippen LogP contribution in [0.5, 0.6) is 11.6 Å². The van der Waals surface area contributed by atoms with Gasteiger partial charge in [0.2, 0.25) is 15.9 Å². The smallest absolute Gasteiger partial charge is 0.264 e. The number of aryl methyl sites for hydroxylation is 1. The number of nitrogens with zero attached hydrogens (tertiary/aromatic N) is 1. The summed E-state index contributed by atoms with van der Waals surface area (Å²) in [5.41, 5.74) is 4.09. The van der Waals surface area contributed by atoms with Crippen molar-refractivity contribution in [2.75, 3.05) is 12.9 Å². The Labute approximate surface area is 193 Å². The largest absolute Gasteiger partial charge is 0.489 e. The Hall–Kier alpha value is -3.39. The van der Waals surface area contributed by atoms with E-state index < -0.39 is 15.9 Å². The van der Waals surface area contributed by atoms with E-state index in [2.05, 4.69) is 11.1 Å². The highest BCUT2D eigenvalue weighted by molar-refractivity contribution is 7.89. The quantitative estimate of drug-likeness (QED) is 0.510. The standard InChI is InChI=1S/C25H26N2O5S/c1-17-12-22(14-26-25(17)32-16-18-6-7-18)21-4-3-5-23(13-21)31-15-19-8-10-20(11-9-19)24(28)27-33(2,29)30/h3-5,8-14,18H,6-7,15-16H2,1-2H3,(H,27,28). The van der Waals surface area contributed by atoms with E-state index in [4.69, 9.17) is 9.47 Å². The highest BCUT2D eigenvalue weighted by atomic mass is 32.2. The number of nitrogens with one attached hydrogen (secondary N) is 1. The number of benzene rings is 2. The van der Waals surface area contributed by atoms with Gasteiger partial charge in [0.1, 0.15) is 12.4 Å². The van der Waals surface area contributed by atoms with Crippen LogP contribution in [0.2, 0.25) is 0 Å². The van der Waals surface area contributed by atoms with Gasteiger partial charge in [-0.25, -0.2) is 18.1 Å². The van der Waals surface area contributed by atoms with Crippen molar-refractivity contribution in [2.24, 2.45) is 5.92 Å². The zero-order valence-electron chi connectivity index (χ0n) is 18.6. The summed E-state index contributed by atoms with van der Waals surface area (Å²) in [6.07, 6.45) is 5.24. The van der Waals surface area contributed by atoms with Gasteiger partial charge in [-0.1, -0.05) is 24.3 Å². The van der Waals surface area contributed by atoms with E-state index in [1.54, 1.807) is 24.3 Å². The highest BCUT2D eigenvalue weighted by Gasteiger charge is 2.22. The summed E-state index contributed by atoms with van der Waals surface area (Å²) < 4.78 is 36.1. The van der Waals surface area contributed by atoms with Crippen molar-refractivity contribution in [3.8, 4) is 22.8 Å². The molecule has 0 bridgehead atoms. The van der Waals surface area contributed by atoms with E-state index in [0.29, 0.717) is 24.2 Å². The third-order valence-corrected chi connectivity index (χ3v) is 5.81. The van der Waals surface area contributed by atoms with Crippen LogP contribution in [0.25, 0.3) is 11.1 Å². The third kappa shape index (κ3) is 6.55. The lowest BCUT2D eigenvalue weighted by Gasteiger charge is -2.11. The molecule has 1 N–H and O–H groups in total. The first-order valence-corrected chi connectivity index (χ1v) is 12.6. The number of hydrogen-bond acceptors (Lipinski definition) is 6. The predicted octanol–water partition coefficient (Wildman–Crippen LogP) is 4.11. The van der Waals surface area contributed by atoms with Gasteiger partial charge < -0.3 is 9.47 Å². The second-order valence-electron chi connectivity index (χ2n) is 8.32. The summed E-state index contributed by atoms with van der Waals surface area (Å²) in [5, 5.41) is 0. The zero-order valence-corrected chi connectivity index (χ0v) is 19.4. The molecule has 1 aromatic heterocycles. The van der Waals surface area contributed by atoms with Crippen LogP contribution in [0.4, 0.5) is 0 Å². The van der Waals surface area contributed by atoms with E-state index in [1.165, 1.54) is 12.8 Å². The molecule has 7 nitrogen and oxygen atoms in total. The molecule has 1 heterocycles. The minimum Gasteiger partial charge on any atom is -0.489 e. The minimum absolute atomic E-state index is 0.263. The molecular formula is C25H26N2O5S. The van der Waals surface area contributed by atoms with Gasteiger partial charge in [0.15, 0.2) is 0 Å². The van der Waals surface area contributed by atoms with Gasteiger partial charge in [0.05, 0.1) is 12.9 Å². The zero-order chi connectivity index (χ0) is 23.4. The number of aromatic nitrogens is 1. The highest BCUT2D eigenvalue weighted by Crippen LogP contribution is 2.31. The molecule has 0 atom stereocenters. The van der Waals surface area contributed by atoms with Crippen LogP contribution in [-0.4, -0.2) is 32.2 Å². The number of sulfonamides is 1.